The van der Waals surface area contributed by atoms with E-state index < -0.39 is 11.7 Å². The summed E-state index contributed by atoms with van der Waals surface area (Å²) >= 11 is 3.42. The lowest BCUT2D eigenvalue weighted by Crippen LogP contribution is -2.42. The fourth-order valence-electron chi connectivity index (χ4n) is 3.47. The molecule has 162 valence electrons. The smallest absolute Gasteiger partial charge is 0.319 e. The van der Waals surface area contributed by atoms with E-state index in [9.17, 15) is 18.0 Å². The van der Waals surface area contributed by atoms with E-state index in [1.165, 1.54) is 18.6 Å². The summed E-state index contributed by atoms with van der Waals surface area (Å²) in [7, 11) is 0. The molecular weight excluding hydrogens is 459 g/mol. The first-order valence-corrected chi connectivity index (χ1v) is 10.8. The van der Waals surface area contributed by atoms with Gasteiger partial charge in [-0.1, -0.05) is 30.7 Å². The van der Waals surface area contributed by atoms with Gasteiger partial charge in [0.15, 0.2) is 0 Å². The number of nitrogens with zero attached hydrogens (tertiary/aromatic N) is 2. The predicted molar refractivity (Wildman–Crippen MR) is 115 cm³/mol. The van der Waals surface area contributed by atoms with Crippen LogP contribution < -0.4 is 5.32 Å². The van der Waals surface area contributed by atoms with Crippen LogP contribution in [0.1, 0.15) is 30.4 Å². The van der Waals surface area contributed by atoms with Crippen molar-refractivity contribution in [3.8, 4) is 0 Å². The second-order valence-corrected chi connectivity index (χ2v) is 8.28. The molecule has 2 amide bonds. The fraction of sp³-hybridized carbons (Fsp3) is 0.409. The molecule has 0 spiro atoms. The SMILES string of the molecule is O=C(Nc1ccccc1Br)N(CCN1CCCCC1)Cc1ccc(C(F)(F)F)cc1. The summed E-state index contributed by atoms with van der Waals surface area (Å²) in [5.41, 5.74) is 0.616. The van der Waals surface area contributed by atoms with Crippen molar-refractivity contribution in [3.63, 3.8) is 0 Å². The Kier molecular flexibility index (Phi) is 7.77. The summed E-state index contributed by atoms with van der Waals surface area (Å²) in [6, 6.07) is 12.0. The second-order valence-electron chi connectivity index (χ2n) is 7.43. The molecule has 0 atom stereocenters. The van der Waals surface area contributed by atoms with Crippen molar-refractivity contribution < 1.29 is 18.0 Å². The van der Waals surface area contributed by atoms with Crippen LogP contribution in [0.15, 0.2) is 53.0 Å². The Balaban J connectivity index is 1.70. The molecule has 30 heavy (non-hydrogen) atoms. The number of hydrogen-bond donors (Lipinski definition) is 1. The van der Waals surface area contributed by atoms with Crippen molar-refractivity contribution in [2.75, 3.05) is 31.5 Å². The van der Waals surface area contributed by atoms with Gasteiger partial charge in [-0.15, -0.1) is 0 Å². The molecule has 0 aliphatic carbocycles. The van der Waals surface area contributed by atoms with Crippen molar-refractivity contribution in [3.05, 3.63) is 64.1 Å². The molecule has 2 aromatic carbocycles. The maximum atomic E-state index is 13.0. The van der Waals surface area contributed by atoms with E-state index in [0.29, 0.717) is 17.8 Å². The van der Waals surface area contributed by atoms with Gasteiger partial charge in [0.25, 0.3) is 0 Å². The van der Waals surface area contributed by atoms with Crippen LogP contribution in [0.5, 0.6) is 0 Å². The molecule has 1 aliphatic heterocycles. The zero-order valence-electron chi connectivity index (χ0n) is 16.6. The molecule has 0 saturated carbocycles. The first kappa shape index (κ1) is 22.6. The number of alkyl halides is 3. The van der Waals surface area contributed by atoms with Crippen LogP contribution in [0.25, 0.3) is 0 Å². The Morgan fingerprint density at radius 3 is 2.33 bits per heavy atom. The number of para-hydroxylation sites is 1. The summed E-state index contributed by atoms with van der Waals surface area (Å²) in [6.45, 7) is 3.50. The number of anilines is 1. The summed E-state index contributed by atoms with van der Waals surface area (Å²) in [6.07, 6.45) is -0.831. The van der Waals surface area contributed by atoms with Crippen LogP contribution in [0, 0.1) is 0 Å². The molecule has 1 saturated heterocycles. The van der Waals surface area contributed by atoms with Gasteiger partial charge in [0.2, 0.25) is 0 Å². The number of likely N-dealkylation sites (tertiary alicyclic amines) is 1. The largest absolute Gasteiger partial charge is 0.416 e. The van der Waals surface area contributed by atoms with Crippen LogP contribution in [0.2, 0.25) is 0 Å². The third kappa shape index (κ3) is 6.47. The minimum atomic E-state index is -4.37. The Bertz CT molecular complexity index is 836. The Morgan fingerprint density at radius 2 is 1.70 bits per heavy atom. The maximum absolute atomic E-state index is 13.0. The van der Waals surface area contributed by atoms with Gasteiger partial charge in [-0.05, 0) is 71.7 Å². The number of hydrogen-bond acceptors (Lipinski definition) is 2. The van der Waals surface area contributed by atoms with Gasteiger partial charge in [-0.25, -0.2) is 4.79 Å². The van der Waals surface area contributed by atoms with Gasteiger partial charge in [-0.3, -0.25) is 0 Å². The maximum Gasteiger partial charge on any atom is 0.416 e. The second kappa shape index (κ2) is 10.3. The van der Waals surface area contributed by atoms with Crippen LogP contribution in [-0.2, 0) is 12.7 Å². The van der Waals surface area contributed by atoms with Gasteiger partial charge in [0, 0.05) is 24.1 Å². The molecule has 0 radical (unpaired) electrons. The molecule has 0 bridgehead atoms. The van der Waals surface area contributed by atoms with Crippen molar-refractivity contribution in [1.82, 2.24) is 9.80 Å². The van der Waals surface area contributed by atoms with Crippen molar-refractivity contribution in [2.24, 2.45) is 0 Å². The van der Waals surface area contributed by atoms with Gasteiger partial charge >= 0.3 is 12.2 Å². The number of rotatable bonds is 6. The Morgan fingerprint density at radius 1 is 1.03 bits per heavy atom. The highest BCUT2D eigenvalue weighted by Gasteiger charge is 2.30. The van der Waals surface area contributed by atoms with E-state index in [2.05, 4.69) is 26.1 Å². The number of benzene rings is 2. The number of carbonyl (C=O) groups excluding carboxylic acids is 1. The third-order valence-electron chi connectivity index (χ3n) is 5.19. The number of nitrogens with one attached hydrogen (secondary N) is 1. The van der Waals surface area contributed by atoms with E-state index >= 15 is 0 Å². The molecule has 0 unspecified atom stereocenters. The summed E-state index contributed by atoms with van der Waals surface area (Å²) in [4.78, 5) is 16.9. The lowest BCUT2D eigenvalue weighted by atomic mass is 10.1. The number of piperidine rings is 1. The highest BCUT2D eigenvalue weighted by atomic mass is 79.9. The lowest BCUT2D eigenvalue weighted by molar-refractivity contribution is -0.137. The Hall–Kier alpha value is -2.06. The molecule has 0 aromatic heterocycles. The number of carbonyl (C=O) groups is 1. The predicted octanol–water partition coefficient (Wildman–Crippen LogP) is 5.99. The fourth-order valence-corrected chi connectivity index (χ4v) is 3.86. The zero-order chi connectivity index (χ0) is 21.6. The molecule has 1 heterocycles. The lowest BCUT2D eigenvalue weighted by Gasteiger charge is -2.30. The Labute approximate surface area is 183 Å². The average Bonchev–Trinajstić information content (AvgIpc) is 2.73. The monoisotopic (exact) mass is 483 g/mol. The highest BCUT2D eigenvalue weighted by molar-refractivity contribution is 9.10. The van der Waals surface area contributed by atoms with E-state index in [1.54, 1.807) is 11.0 Å². The topological polar surface area (TPSA) is 35.6 Å². The minimum Gasteiger partial charge on any atom is -0.319 e. The molecule has 1 aliphatic rings. The summed E-state index contributed by atoms with van der Waals surface area (Å²) in [5, 5.41) is 2.90. The van der Waals surface area contributed by atoms with E-state index in [0.717, 1.165) is 49.1 Å². The molecule has 1 N–H and O–H groups in total. The van der Waals surface area contributed by atoms with Crippen LogP contribution in [0.4, 0.5) is 23.7 Å². The van der Waals surface area contributed by atoms with Crippen molar-refractivity contribution in [2.45, 2.75) is 32.0 Å². The van der Waals surface area contributed by atoms with E-state index in [4.69, 9.17) is 0 Å². The van der Waals surface area contributed by atoms with E-state index in [-0.39, 0.29) is 12.6 Å². The van der Waals surface area contributed by atoms with Crippen molar-refractivity contribution in [1.29, 1.82) is 0 Å². The molecule has 3 rings (SSSR count). The molecule has 2 aromatic rings. The van der Waals surface area contributed by atoms with Gasteiger partial charge in [-0.2, -0.15) is 13.2 Å². The normalized spacial score (nSPS) is 15.1. The molecule has 4 nitrogen and oxygen atoms in total. The van der Waals surface area contributed by atoms with Crippen LogP contribution in [0.3, 0.4) is 0 Å². The summed E-state index contributed by atoms with van der Waals surface area (Å²) < 4.78 is 39.3. The standard InChI is InChI=1S/C22H25BrF3N3O/c23-19-6-2-3-7-20(19)27-21(30)29(15-14-28-12-4-1-5-13-28)16-17-8-10-18(11-9-17)22(24,25)26/h2-3,6-11H,1,4-5,12-16H2,(H,27,30). The van der Waals surface area contributed by atoms with Gasteiger partial charge < -0.3 is 15.1 Å². The first-order valence-electron chi connectivity index (χ1n) is 10.0. The first-order chi connectivity index (χ1) is 14.3. The van der Waals surface area contributed by atoms with Crippen molar-refractivity contribution >= 4 is 27.6 Å². The number of halogens is 4. The summed E-state index contributed by atoms with van der Waals surface area (Å²) in [5.74, 6) is 0. The quantitative estimate of drug-likeness (QED) is 0.547. The van der Waals surface area contributed by atoms with Crippen LogP contribution >= 0.6 is 15.9 Å². The molecule has 1 fully saturated rings. The minimum absolute atomic E-state index is 0.238. The highest BCUT2D eigenvalue weighted by Crippen LogP contribution is 2.29. The number of urea groups is 1. The number of amides is 2. The molecular formula is C22H25BrF3N3O. The zero-order valence-corrected chi connectivity index (χ0v) is 18.2. The van der Waals surface area contributed by atoms with Crippen LogP contribution in [-0.4, -0.2) is 42.0 Å². The van der Waals surface area contributed by atoms with Gasteiger partial charge in [0.1, 0.15) is 0 Å². The third-order valence-corrected chi connectivity index (χ3v) is 5.88. The molecule has 8 heteroatoms. The average molecular weight is 484 g/mol. The van der Waals surface area contributed by atoms with Gasteiger partial charge in [0.05, 0.1) is 11.3 Å². The van der Waals surface area contributed by atoms with E-state index in [1.807, 2.05) is 18.2 Å².